The number of aliphatic carboxylic acids is 1. The second-order valence-electron chi connectivity index (χ2n) is 4.14. The van der Waals surface area contributed by atoms with Gasteiger partial charge < -0.3 is 20.6 Å². The van der Waals surface area contributed by atoms with E-state index in [2.05, 4.69) is 10.6 Å². The molecular formula is C11H21N3O4. The molecule has 0 aromatic carbocycles. The maximum atomic E-state index is 11.4. The lowest BCUT2D eigenvalue weighted by Crippen LogP contribution is -2.43. The third kappa shape index (κ3) is 7.48. The Kier molecular flexibility index (Phi) is 7.50. The Hall–Kier alpha value is -1.79. The van der Waals surface area contributed by atoms with E-state index in [0.29, 0.717) is 6.42 Å². The molecule has 104 valence electrons. The van der Waals surface area contributed by atoms with Gasteiger partial charge >= 0.3 is 12.0 Å². The van der Waals surface area contributed by atoms with Crippen LogP contribution in [0.15, 0.2) is 0 Å². The summed E-state index contributed by atoms with van der Waals surface area (Å²) in [6, 6.07) is -0.846. The Bertz CT molecular complexity index is 305. The molecule has 0 bridgehead atoms. The summed E-state index contributed by atoms with van der Waals surface area (Å²) in [5.74, 6) is -1.03. The Balaban J connectivity index is 3.89. The van der Waals surface area contributed by atoms with Gasteiger partial charge in [-0.2, -0.15) is 0 Å². The zero-order valence-corrected chi connectivity index (χ0v) is 11.0. The number of carboxylic acid groups (broad SMARTS) is 1. The molecule has 0 aromatic rings. The van der Waals surface area contributed by atoms with Crippen molar-refractivity contribution < 1.29 is 19.5 Å². The minimum absolute atomic E-state index is 0.0760. The molecule has 0 fully saturated rings. The number of amides is 3. The van der Waals surface area contributed by atoms with Crippen molar-refractivity contribution >= 4 is 17.9 Å². The van der Waals surface area contributed by atoms with Crippen LogP contribution in [0.4, 0.5) is 4.79 Å². The van der Waals surface area contributed by atoms with Crippen LogP contribution in [0.1, 0.15) is 26.2 Å². The van der Waals surface area contributed by atoms with Crippen LogP contribution in [0.25, 0.3) is 0 Å². The fraction of sp³-hybridized carbons (Fsp3) is 0.727. The van der Waals surface area contributed by atoms with Crippen LogP contribution < -0.4 is 10.6 Å². The van der Waals surface area contributed by atoms with Crippen molar-refractivity contribution in [3.8, 4) is 0 Å². The summed E-state index contributed by atoms with van der Waals surface area (Å²) in [6.45, 7) is 2.02. The summed E-state index contributed by atoms with van der Waals surface area (Å²) in [5.41, 5.74) is 0. The molecule has 3 amide bonds. The van der Waals surface area contributed by atoms with Crippen LogP contribution in [0.2, 0.25) is 0 Å². The summed E-state index contributed by atoms with van der Waals surface area (Å²) < 4.78 is 0. The Morgan fingerprint density at radius 1 is 1.28 bits per heavy atom. The Morgan fingerprint density at radius 3 is 2.33 bits per heavy atom. The highest BCUT2D eigenvalue weighted by molar-refractivity contribution is 5.78. The molecule has 7 nitrogen and oxygen atoms in total. The van der Waals surface area contributed by atoms with Crippen molar-refractivity contribution in [2.24, 2.45) is 0 Å². The number of hydrogen-bond acceptors (Lipinski definition) is 3. The molecule has 0 aromatic heterocycles. The molecule has 7 heteroatoms. The first kappa shape index (κ1) is 16.2. The van der Waals surface area contributed by atoms with Gasteiger partial charge in [0.15, 0.2) is 0 Å². The largest absolute Gasteiger partial charge is 0.481 e. The maximum Gasteiger partial charge on any atom is 0.315 e. The SMILES string of the molecule is CCC(CC(=O)O)NC(=O)NCCC(=O)N(C)C. The third-order valence-corrected chi connectivity index (χ3v) is 2.37. The van der Waals surface area contributed by atoms with Gasteiger partial charge in [0.05, 0.1) is 6.42 Å². The minimum Gasteiger partial charge on any atom is -0.481 e. The number of carbonyl (C=O) groups excluding carboxylic acids is 2. The first-order valence-corrected chi connectivity index (χ1v) is 5.83. The van der Waals surface area contributed by atoms with Gasteiger partial charge in [-0.3, -0.25) is 9.59 Å². The zero-order valence-electron chi connectivity index (χ0n) is 11.0. The number of rotatable bonds is 7. The highest BCUT2D eigenvalue weighted by Crippen LogP contribution is 1.97. The van der Waals surface area contributed by atoms with E-state index in [9.17, 15) is 14.4 Å². The standard InChI is InChI=1S/C11H21N3O4/c1-4-8(7-10(16)17)13-11(18)12-6-5-9(15)14(2)3/h8H,4-7H2,1-3H3,(H,16,17)(H2,12,13,18). The van der Waals surface area contributed by atoms with Gasteiger partial charge in [-0.15, -0.1) is 0 Å². The lowest BCUT2D eigenvalue weighted by atomic mass is 10.1. The van der Waals surface area contributed by atoms with E-state index in [0.717, 1.165) is 0 Å². The molecule has 0 heterocycles. The summed E-state index contributed by atoms with van der Waals surface area (Å²) in [7, 11) is 3.28. The highest BCUT2D eigenvalue weighted by Gasteiger charge is 2.13. The predicted molar refractivity (Wildman–Crippen MR) is 66.2 cm³/mol. The van der Waals surface area contributed by atoms with E-state index in [1.54, 1.807) is 21.0 Å². The van der Waals surface area contributed by atoms with Crippen molar-refractivity contribution in [1.82, 2.24) is 15.5 Å². The van der Waals surface area contributed by atoms with E-state index < -0.39 is 18.0 Å². The van der Waals surface area contributed by atoms with Gasteiger partial charge in [0.25, 0.3) is 0 Å². The first-order valence-electron chi connectivity index (χ1n) is 5.83. The number of carbonyl (C=O) groups is 3. The molecule has 18 heavy (non-hydrogen) atoms. The lowest BCUT2D eigenvalue weighted by molar-refractivity contribution is -0.137. The van der Waals surface area contributed by atoms with E-state index >= 15 is 0 Å². The van der Waals surface area contributed by atoms with Gasteiger partial charge in [-0.1, -0.05) is 6.92 Å². The van der Waals surface area contributed by atoms with Gasteiger partial charge in [0.1, 0.15) is 0 Å². The Labute approximate surface area is 107 Å². The molecule has 0 radical (unpaired) electrons. The first-order chi connectivity index (χ1) is 8.36. The molecular weight excluding hydrogens is 238 g/mol. The second kappa shape index (κ2) is 8.32. The number of carboxylic acids is 1. The normalized spacial score (nSPS) is 11.5. The molecule has 0 saturated heterocycles. The monoisotopic (exact) mass is 259 g/mol. The van der Waals surface area contributed by atoms with E-state index in [1.807, 2.05) is 0 Å². The van der Waals surface area contributed by atoms with Crippen LogP contribution in [0.3, 0.4) is 0 Å². The summed E-state index contributed by atoms with van der Waals surface area (Å²) >= 11 is 0. The van der Waals surface area contributed by atoms with Crippen molar-refractivity contribution in [2.75, 3.05) is 20.6 Å². The van der Waals surface area contributed by atoms with E-state index in [-0.39, 0.29) is 25.3 Å². The van der Waals surface area contributed by atoms with Crippen molar-refractivity contribution in [2.45, 2.75) is 32.2 Å². The number of hydrogen-bond donors (Lipinski definition) is 3. The lowest BCUT2D eigenvalue weighted by Gasteiger charge is -2.16. The molecule has 0 aliphatic heterocycles. The van der Waals surface area contributed by atoms with Crippen LogP contribution in [0.5, 0.6) is 0 Å². The van der Waals surface area contributed by atoms with Crippen LogP contribution >= 0.6 is 0 Å². The van der Waals surface area contributed by atoms with Crippen molar-refractivity contribution in [3.05, 3.63) is 0 Å². The highest BCUT2D eigenvalue weighted by atomic mass is 16.4. The van der Waals surface area contributed by atoms with Crippen LogP contribution in [-0.4, -0.2) is 54.6 Å². The predicted octanol–water partition coefficient (Wildman–Crippen LogP) is 0.0172. The van der Waals surface area contributed by atoms with Gasteiger partial charge in [-0.25, -0.2) is 4.79 Å². The van der Waals surface area contributed by atoms with Gasteiger partial charge in [0.2, 0.25) is 5.91 Å². The van der Waals surface area contributed by atoms with E-state index in [1.165, 1.54) is 4.90 Å². The molecule has 3 N–H and O–H groups in total. The maximum absolute atomic E-state index is 11.4. The number of nitrogens with one attached hydrogen (secondary N) is 2. The molecule has 0 aliphatic carbocycles. The summed E-state index contributed by atoms with van der Waals surface area (Å²) in [5, 5.41) is 13.7. The average molecular weight is 259 g/mol. The quantitative estimate of drug-likeness (QED) is 0.600. The number of urea groups is 1. The smallest absolute Gasteiger partial charge is 0.315 e. The molecule has 0 spiro atoms. The third-order valence-electron chi connectivity index (χ3n) is 2.37. The van der Waals surface area contributed by atoms with Crippen LogP contribution in [0, 0.1) is 0 Å². The second-order valence-corrected chi connectivity index (χ2v) is 4.14. The van der Waals surface area contributed by atoms with Crippen molar-refractivity contribution in [3.63, 3.8) is 0 Å². The zero-order chi connectivity index (χ0) is 14.1. The van der Waals surface area contributed by atoms with Gasteiger partial charge in [-0.05, 0) is 6.42 Å². The molecule has 1 unspecified atom stereocenters. The molecule has 0 aliphatic rings. The average Bonchev–Trinajstić information content (AvgIpc) is 2.27. The molecule has 0 saturated carbocycles. The Morgan fingerprint density at radius 2 is 1.89 bits per heavy atom. The van der Waals surface area contributed by atoms with Crippen molar-refractivity contribution in [1.29, 1.82) is 0 Å². The summed E-state index contributed by atoms with van der Waals surface area (Å²) in [6.07, 6.45) is 0.646. The number of nitrogens with zero attached hydrogens (tertiary/aromatic N) is 1. The fourth-order valence-electron chi connectivity index (χ4n) is 1.25. The van der Waals surface area contributed by atoms with Gasteiger partial charge in [0, 0.05) is 33.1 Å². The topological polar surface area (TPSA) is 98.7 Å². The minimum atomic E-state index is -0.954. The summed E-state index contributed by atoms with van der Waals surface area (Å²) in [4.78, 5) is 34.6. The molecule has 0 rings (SSSR count). The molecule has 1 atom stereocenters. The van der Waals surface area contributed by atoms with Crippen LogP contribution in [-0.2, 0) is 9.59 Å². The van der Waals surface area contributed by atoms with E-state index in [4.69, 9.17) is 5.11 Å². The fourth-order valence-corrected chi connectivity index (χ4v) is 1.25.